The van der Waals surface area contributed by atoms with Gasteiger partial charge in [0.05, 0.1) is 13.5 Å². The van der Waals surface area contributed by atoms with E-state index in [1.807, 2.05) is 19.9 Å². The van der Waals surface area contributed by atoms with E-state index in [-0.39, 0.29) is 11.8 Å². The molecule has 0 saturated carbocycles. The van der Waals surface area contributed by atoms with Gasteiger partial charge in [-0.2, -0.15) is 0 Å². The summed E-state index contributed by atoms with van der Waals surface area (Å²) >= 11 is 0. The minimum Gasteiger partial charge on any atom is -0.467 e. The molecule has 4 heteroatoms. The number of amides is 1. The second-order valence-corrected chi connectivity index (χ2v) is 5.95. The van der Waals surface area contributed by atoms with Crippen LogP contribution in [0.1, 0.15) is 37.0 Å². The Hall–Kier alpha value is -1.84. The van der Waals surface area contributed by atoms with Crippen LogP contribution in [0.25, 0.3) is 0 Å². The first-order chi connectivity index (χ1) is 10.0. The van der Waals surface area contributed by atoms with Gasteiger partial charge < -0.3 is 10.1 Å². The summed E-state index contributed by atoms with van der Waals surface area (Å²) in [4.78, 5) is 23.8. The molecule has 0 aromatic heterocycles. The molecule has 0 fully saturated rings. The van der Waals surface area contributed by atoms with E-state index in [0.29, 0.717) is 6.42 Å². The summed E-state index contributed by atoms with van der Waals surface area (Å²) in [7, 11) is 1.34. The predicted molar refractivity (Wildman–Crippen MR) is 81.0 cm³/mol. The van der Waals surface area contributed by atoms with E-state index >= 15 is 0 Å². The molecule has 0 spiro atoms. The molecule has 1 aliphatic rings. The first kappa shape index (κ1) is 15.5. The Bertz CT molecular complexity index is 537. The lowest BCUT2D eigenvalue weighted by atomic mass is 10.0. The Morgan fingerprint density at radius 1 is 1.24 bits per heavy atom. The zero-order chi connectivity index (χ0) is 15.4. The predicted octanol–water partition coefficient (Wildman–Crippen LogP) is 2.03. The Kier molecular flexibility index (Phi) is 4.99. The molecule has 1 aliphatic carbocycles. The van der Waals surface area contributed by atoms with E-state index in [2.05, 4.69) is 17.4 Å². The van der Waals surface area contributed by atoms with Crippen LogP contribution in [0.3, 0.4) is 0 Å². The van der Waals surface area contributed by atoms with Crippen molar-refractivity contribution in [2.45, 2.75) is 45.6 Å². The summed E-state index contributed by atoms with van der Waals surface area (Å²) in [6.45, 7) is 3.77. The van der Waals surface area contributed by atoms with Gasteiger partial charge >= 0.3 is 5.97 Å². The molecule has 2 rings (SSSR count). The van der Waals surface area contributed by atoms with Crippen LogP contribution >= 0.6 is 0 Å². The fourth-order valence-corrected chi connectivity index (χ4v) is 2.77. The topological polar surface area (TPSA) is 55.4 Å². The van der Waals surface area contributed by atoms with Crippen LogP contribution in [-0.4, -0.2) is 25.0 Å². The highest BCUT2D eigenvalue weighted by atomic mass is 16.5. The van der Waals surface area contributed by atoms with E-state index in [1.54, 1.807) is 0 Å². The Balaban J connectivity index is 1.99. The number of rotatable bonds is 5. The van der Waals surface area contributed by atoms with Crippen LogP contribution in [0.15, 0.2) is 18.2 Å². The van der Waals surface area contributed by atoms with Crippen LogP contribution in [0.2, 0.25) is 0 Å². The van der Waals surface area contributed by atoms with Crippen molar-refractivity contribution >= 4 is 11.9 Å². The van der Waals surface area contributed by atoms with Gasteiger partial charge in [-0.05, 0) is 41.9 Å². The van der Waals surface area contributed by atoms with Crippen molar-refractivity contribution in [2.75, 3.05) is 7.11 Å². The molecule has 0 radical (unpaired) electrons. The molecule has 0 aliphatic heterocycles. The third-order valence-corrected chi connectivity index (χ3v) is 3.97. The van der Waals surface area contributed by atoms with Crippen LogP contribution in [0, 0.1) is 5.92 Å². The number of esters is 1. The standard InChI is InChI=1S/C17H23NO3/c1-11(2)16(17(20)21-3)18-15(19)10-12-7-8-13-5-4-6-14(13)9-12/h7-9,11,16H,4-6,10H2,1-3H3,(H,18,19). The van der Waals surface area contributed by atoms with Gasteiger partial charge in [-0.25, -0.2) is 4.79 Å². The molecule has 21 heavy (non-hydrogen) atoms. The summed E-state index contributed by atoms with van der Waals surface area (Å²) in [6.07, 6.45) is 3.73. The lowest BCUT2D eigenvalue weighted by molar-refractivity contribution is -0.146. The molecule has 1 aromatic rings. The molecule has 1 unspecified atom stereocenters. The summed E-state index contributed by atoms with van der Waals surface area (Å²) in [5, 5.41) is 2.77. The van der Waals surface area contributed by atoms with Crippen molar-refractivity contribution in [3.63, 3.8) is 0 Å². The highest BCUT2D eigenvalue weighted by Gasteiger charge is 2.24. The van der Waals surface area contributed by atoms with Gasteiger partial charge in [0.1, 0.15) is 6.04 Å². The number of carbonyl (C=O) groups is 2. The molecule has 1 aromatic carbocycles. The van der Waals surface area contributed by atoms with Gasteiger partial charge in [0.2, 0.25) is 5.91 Å². The maximum absolute atomic E-state index is 12.1. The maximum atomic E-state index is 12.1. The zero-order valence-electron chi connectivity index (χ0n) is 12.9. The molecule has 0 heterocycles. The minimum atomic E-state index is -0.586. The smallest absolute Gasteiger partial charge is 0.328 e. The average Bonchev–Trinajstić information content (AvgIpc) is 2.91. The van der Waals surface area contributed by atoms with E-state index in [1.165, 1.54) is 24.7 Å². The second kappa shape index (κ2) is 6.74. The number of benzene rings is 1. The molecule has 0 saturated heterocycles. The van der Waals surface area contributed by atoms with Gasteiger partial charge in [-0.3, -0.25) is 4.79 Å². The first-order valence-corrected chi connectivity index (χ1v) is 7.49. The summed E-state index contributed by atoms with van der Waals surface area (Å²) < 4.78 is 4.73. The largest absolute Gasteiger partial charge is 0.467 e. The Morgan fingerprint density at radius 2 is 1.95 bits per heavy atom. The number of fused-ring (bicyclic) bond motifs is 1. The second-order valence-electron chi connectivity index (χ2n) is 5.95. The van der Waals surface area contributed by atoms with Crippen molar-refractivity contribution in [3.05, 3.63) is 34.9 Å². The third kappa shape index (κ3) is 3.84. The highest BCUT2D eigenvalue weighted by molar-refractivity contribution is 5.85. The number of methoxy groups -OCH3 is 1. The number of nitrogens with one attached hydrogen (secondary N) is 1. The number of aryl methyl sites for hydroxylation is 2. The van der Waals surface area contributed by atoms with Crippen molar-refractivity contribution in [3.8, 4) is 0 Å². The van der Waals surface area contributed by atoms with E-state index < -0.39 is 12.0 Å². The zero-order valence-corrected chi connectivity index (χ0v) is 12.9. The lowest BCUT2D eigenvalue weighted by Crippen LogP contribution is -2.45. The van der Waals surface area contributed by atoms with Gasteiger partial charge in [0.25, 0.3) is 0 Å². The van der Waals surface area contributed by atoms with Crippen molar-refractivity contribution in [2.24, 2.45) is 5.92 Å². The van der Waals surface area contributed by atoms with E-state index in [9.17, 15) is 9.59 Å². The maximum Gasteiger partial charge on any atom is 0.328 e. The molecule has 1 N–H and O–H groups in total. The molecule has 0 bridgehead atoms. The molecular weight excluding hydrogens is 266 g/mol. The quantitative estimate of drug-likeness (QED) is 0.844. The van der Waals surface area contributed by atoms with E-state index in [4.69, 9.17) is 4.74 Å². The minimum absolute atomic E-state index is 0.00132. The van der Waals surface area contributed by atoms with Crippen molar-refractivity contribution in [1.82, 2.24) is 5.32 Å². The average molecular weight is 289 g/mol. The van der Waals surface area contributed by atoms with Crippen LogP contribution in [0.4, 0.5) is 0 Å². The summed E-state index contributed by atoms with van der Waals surface area (Å²) in [6, 6.07) is 5.65. The monoisotopic (exact) mass is 289 g/mol. The van der Waals surface area contributed by atoms with Gasteiger partial charge in [-0.1, -0.05) is 32.0 Å². The van der Waals surface area contributed by atoms with Crippen molar-refractivity contribution in [1.29, 1.82) is 0 Å². The van der Waals surface area contributed by atoms with Crippen LogP contribution in [0.5, 0.6) is 0 Å². The lowest BCUT2D eigenvalue weighted by Gasteiger charge is -2.19. The van der Waals surface area contributed by atoms with Gasteiger partial charge in [0.15, 0.2) is 0 Å². The third-order valence-electron chi connectivity index (χ3n) is 3.97. The molecule has 114 valence electrons. The fourth-order valence-electron chi connectivity index (χ4n) is 2.77. The number of hydrogen-bond donors (Lipinski definition) is 1. The summed E-state index contributed by atoms with van der Waals surface area (Å²) in [5.74, 6) is -0.536. The number of ether oxygens (including phenoxy) is 1. The SMILES string of the molecule is COC(=O)C(NC(=O)Cc1ccc2c(c1)CCC2)C(C)C. The van der Waals surface area contributed by atoms with Gasteiger partial charge in [-0.15, -0.1) is 0 Å². The Morgan fingerprint density at radius 3 is 2.62 bits per heavy atom. The molecule has 1 amide bonds. The number of hydrogen-bond acceptors (Lipinski definition) is 3. The normalized spacial score (nSPS) is 14.7. The van der Waals surface area contributed by atoms with E-state index in [0.717, 1.165) is 18.4 Å². The molecular formula is C17H23NO3. The van der Waals surface area contributed by atoms with Crippen LogP contribution in [-0.2, 0) is 33.6 Å². The van der Waals surface area contributed by atoms with Gasteiger partial charge in [0, 0.05) is 0 Å². The van der Waals surface area contributed by atoms with Crippen LogP contribution < -0.4 is 5.32 Å². The first-order valence-electron chi connectivity index (χ1n) is 7.49. The molecule has 1 atom stereocenters. The van der Waals surface area contributed by atoms with Crippen molar-refractivity contribution < 1.29 is 14.3 Å². The Labute approximate surface area is 125 Å². The molecule has 4 nitrogen and oxygen atoms in total. The highest BCUT2D eigenvalue weighted by Crippen LogP contribution is 2.23. The number of carbonyl (C=O) groups excluding carboxylic acids is 2. The summed E-state index contributed by atoms with van der Waals surface area (Å²) in [5.41, 5.74) is 3.75. The fraction of sp³-hybridized carbons (Fsp3) is 0.529.